The molecule has 0 saturated carbocycles. The Hall–Kier alpha value is -2.56. The minimum Gasteiger partial charge on any atom is -0.508 e. The topological polar surface area (TPSA) is 76.7 Å². The number of phenolic OH excluding ortho intramolecular Hbond substituents is 1. The second-order valence-electron chi connectivity index (χ2n) is 4.79. The van der Waals surface area contributed by atoms with Crippen molar-refractivity contribution < 1.29 is 19.1 Å². The monoisotopic (exact) mass is 302 g/mol. The summed E-state index contributed by atoms with van der Waals surface area (Å²) >= 11 is 0. The lowest BCUT2D eigenvalue weighted by Gasteiger charge is -2.07. The summed E-state index contributed by atoms with van der Waals surface area (Å²) in [7, 11) is 0. The van der Waals surface area contributed by atoms with E-state index in [-0.39, 0.29) is 23.5 Å². The van der Waals surface area contributed by atoms with E-state index in [1.54, 1.807) is 6.92 Å². The number of hydrogen-bond donors (Lipinski definition) is 1. The van der Waals surface area contributed by atoms with Gasteiger partial charge in [-0.3, -0.25) is 4.79 Å². The smallest absolute Gasteiger partial charge is 0.330 e. The second-order valence-corrected chi connectivity index (χ2v) is 4.79. The Morgan fingerprint density at radius 1 is 1.36 bits per heavy atom. The van der Waals surface area contributed by atoms with Gasteiger partial charge in [0.15, 0.2) is 5.43 Å². The van der Waals surface area contributed by atoms with Gasteiger partial charge in [0.25, 0.3) is 0 Å². The van der Waals surface area contributed by atoms with Gasteiger partial charge in [-0.1, -0.05) is 13.3 Å². The highest BCUT2D eigenvalue weighted by Crippen LogP contribution is 2.27. The number of carbonyl (C=O) groups excluding carboxylic acids is 1. The van der Waals surface area contributed by atoms with Gasteiger partial charge >= 0.3 is 5.97 Å². The Kier molecular flexibility index (Phi) is 4.99. The molecule has 0 fully saturated rings. The van der Waals surface area contributed by atoms with Crippen LogP contribution < -0.4 is 5.43 Å². The molecule has 0 bridgehead atoms. The Labute approximate surface area is 127 Å². The van der Waals surface area contributed by atoms with Gasteiger partial charge in [-0.2, -0.15) is 0 Å². The van der Waals surface area contributed by atoms with Crippen LogP contribution in [0.25, 0.3) is 17.0 Å². The molecule has 1 aromatic heterocycles. The molecule has 0 atom stereocenters. The van der Waals surface area contributed by atoms with E-state index in [1.165, 1.54) is 30.4 Å². The zero-order chi connectivity index (χ0) is 16.1. The minimum absolute atomic E-state index is 0.101. The van der Waals surface area contributed by atoms with Crippen LogP contribution in [0.4, 0.5) is 0 Å². The van der Waals surface area contributed by atoms with Gasteiger partial charge in [0.2, 0.25) is 0 Å². The summed E-state index contributed by atoms with van der Waals surface area (Å²) in [6, 6.07) is 4.34. The van der Waals surface area contributed by atoms with Crippen LogP contribution in [-0.2, 0) is 16.0 Å². The average molecular weight is 302 g/mol. The van der Waals surface area contributed by atoms with Gasteiger partial charge in [0.1, 0.15) is 17.1 Å². The highest BCUT2D eigenvalue weighted by atomic mass is 16.5. The fourth-order valence-corrected chi connectivity index (χ4v) is 2.20. The number of hydrogen-bond acceptors (Lipinski definition) is 5. The van der Waals surface area contributed by atoms with E-state index >= 15 is 0 Å². The first-order valence-corrected chi connectivity index (χ1v) is 7.20. The summed E-state index contributed by atoms with van der Waals surface area (Å²) in [4.78, 5) is 23.5. The quantitative estimate of drug-likeness (QED) is 0.678. The van der Waals surface area contributed by atoms with Crippen molar-refractivity contribution in [1.82, 2.24) is 0 Å². The van der Waals surface area contributed by atoms with Gasteiger partial charge < -0.3 is 14.3 Å². The first-order chi connectivity index (χ1) is 10.6. The molecule has 2 aromatic rings. The van der Waals surface area contributed by atoms with E-state index in [9.17, 15) is 14.7 Å². The van der Waals surface area contributed by atoms with Crippen LogP contribution in [0.1, 0.15) is 31.6 Å². The van der Waals surface area contributed by atoms with Crippen LogP contribution in [-0.4, -0.2) is 17.7 Å². The fourth-order valence-electron chi connectivity index (χ4n) is 2.20. The molecular formula is C17H18O5. The van der Waals surface area contributed by atoms with Crippen molar-refractivity contribution in [2.24, 2.45) is 0 Å². The van der Waals surface area contributed by atoms with Crippen LogP contribution in [0, 0.1) is 0 Å². The Morgan fingerprint density at radius 3 is 2.82 bits per heavy atom. The maximum absolute atomic E-state index is 12.1. The summed E-state index contributed by atoms with van der Waals surface area (Å²) < 4.78 is 10.5. The molecule has 0 saturated heterocycles. The molecular weight excluding hydrogens is 284 g/mol. The number of aryl methyl sites for hydroxylation is 1. The predicted octanol–water partition coefficient (Wildman–Crippen LogP) is 3.03. The molecule has 1 N–H and O–H groups in total. The van der Waals surface area contributed by atoms with Crippen LogP contribution in [0.5, 0.6) is 5.75 Å². The van der Waals surface area contributed by atoms with E-state index in [2.05, 4.69) is 0 Å². The molecule has 0 aliphatic heterocycles. The Bertz CT molecular complexity index is 770. The van der Waals surface area contributed by atoms with E-state index in [4.69, 9.17) is 9.15 Å². The lowest BCUT2D eigenvalue weighted by atomic mass is 10.0. The molecule has 0 aliphatic carbocycles. The molecule has 0 radical (unpaired) electrons. The number of benzene rings is 1. The standard InChI is InChI=1S/C17H18O5/c1-3-5-12-14(18)8-7-13-15(19)10-11(22-17(12)13)6-9-16(20)21-4-2/h6-10,18H,3-5H2,1-2H3/b9-6+. The van der Waals surface area contributed by atoms with Gasteiger partial charge in [-0.05, 0) is 31.6 Å². The van der Waals surface area contributed by atoms with Crippen molar-refractivity contribution in [3.63, 3.8) is 0 Å². The molecule has 0 unspecified atom stereocenters. The maximum atomic E-state index is 12.1. The predicted molar refractivity (Wildman–Crippen MR) is 83.8 cm³/mol. The van der Waals surface area contributed by atoms with Gasteiger partial charge in [0.05, 0.1) is 12.0 Å². The Morgan fingerprint density at radius 2 is 2.14 bits per heavy atom. The Balaban J connectivity index is 2.53. The molecule has 0 aliphatic rings. The number of ether oxygens (including phenoxy) is 1. The zero-order valence-corrected chi connectivity index (χ0v) is 12.6. The average Bonchev–Trinajstić information content (AvgIpc) is 2.48. The van der Waals surface area contributed by atoms with Crippen molar-refractivity contribution in [2.75, 3.05) is 6.61 Å². The summed E-state index contributed by atoms with van der Waals surface area (Å²) in [5, 5.41) is 10.4. The molecule has 5 heteroatoms. The number of carbonyl (C=O) groups is 1. The SMILES string of the molecule is CCCc1c(O)ccc2c(=O)cc(/C=C/C(=O)OCC)oc12. The third-order valence-corrected chi connectivity index (χ3v) is 3.16. The number of phenols is 1. The van der Waals surface area contributed by atoms with Gasteiger partial charge in [-0.25, -0.2) is 4.79 Å². The summed E-state index contributed by atoms with van der Waals surface area (Å²) in [6.07, 6.45) is 3.99. The third-order valence-electron chi connectivity index (χ3n) is 3.16. The zero-order valence-electron chi connectivity index (χ0n) is 12.6. The number of aromatic hydroxyl groups is 1. The van der Waals surface area contributed by atoms with E-state index in [1.807, 2.05) is 6.92 Å². The van der Waals surface area contributed by atoms with E-state index in [0.717, 1.165) is 6.42 Å². The van der Waals surface area contributed by atoms with E-state index < -0.39 is 5.97 Å². The van der Waals surface area contributed by atoms with Crippen LogP contribution in [0.2, 0.25) is 0 Å². The first-order valence-electron chi connectivity index (χ1n) is 7.20. The highest BCUT2D eigenvalue weighted by molar-refractivity contribution is 5.87. The van der Waals surface area contributed by atoms with Crippen molar-refractivity contribution >= 4 is 23.0 Å². The van der Waals surface area contributed by atoms with Crippen LogP contribution >= 0.6 is 0 Å². The molecule has 0 spiro atoms. The number of fused-ring (bicyclic) bond motifs is 1. The molecule has 1 heterocycles. The maximum Gasteiger partial charge on any atom is 0.330 e. The number of rotatable bonds is 5. The highest BCUT2D eigenvalue weighted by Gasteiger charge is 2.12. The summed E-state index contributed by atoms with van der Waals surface area (Å²) in [5.41, 5.74) is 0.739. The van der Waals surface area contributed by atoms with Crippen molar-refractivity contribution in [3.05, 3.63) is 45.8 Å². The molecule has 116 valence electrons. The second kappa shape index (κ2) is 6.93. The fraction of sp³-hybridized carbons (Fsp3) is 0.294. The summed E-state index contributed by atoms with van der Waals surface area (Å²) in [5.74, 6) is -0.160. The third kappa shape index (κ3) is 3.36. The van der Waals surface area contributed by atoms with Crippen LogP contribution in [0.3, 0.4) is 0 Å². The first kappa shape index (κ1) is 15.8. The van der Waals surface area contributed by atoms with Crippen LogP contribution in [0.15, 0.2) is 33.5 Å². The number of esters is 1. The molecule has 5 nitrogen and oxygen atoms in total. The van der Waals surface area contributed by atoms with Crippen molar-refractivity contribution in [1.29, 1.82) is 0 Å². The molecule has 22 heavy (non-hydrogen) atoms. The van der Waals surface area contributed by atoms with Crippen molar-refractivity contribution in [3.8, 4) is 5.75 Å². The van der Waals surface area contributed by atoms with Gasteiger partial charge in [0, 0.05) is 17.7 Å². The molecule has 1 aromatic carbocycles. The van der Waals surface area contributed by atoms with E-state index in [0.29, 0.717) is 23.0 Å². The normalized spacial score (nSPS) is 11.2. The van der Waals surface area contributed by atoms with Crippen molar-refractivity contribution in [2.45, 2.75) is 26.7 Å². The molecule has 2 rings (SSSR count). The summed E-state index contributed by atoms with van der Waals surface area (Å²) in [6.45, 7) is 3.96. The largest absolute Gasteiger partial charge is 0.508 e. The lowest BCUT2D eigenvalue weighted by molar-refractivity contribution is -0.137. The minimum atomic E-state index is -0.505. The van der Waals surface area contributed by atoms with Gasteiger partial charge in [-0.15, -0.1) is 0 Å². The lowest BCUT2D eigenvalue weighted by Crippen LogP contribution is -2.03. The molecule has 0 amide bonds.